The van der Waals surface area contributed by atoms with Crippen LogP contribution in [-0.4, -0.2) is 0 Å². The van der Waals surface area contributed by atoms with E-state index in [1.54, 1.807) is 0 Å². The van der Waals surface area contributed by atoms with E-state index < -0.39 is 0 Å². The van der Waals surface area contributed by atoms with Crippen LogP contribution in [-0.2, 0) is 21.7 Å². The normalized spacial score (nSPS) is 15.0. The third-order valence-electron chi connectivity index (χ3n) is 27.7. The van der Waals surface area contributed by atoms with Crippen LogP contribution in [0.1, 0.15) is 87.8 Å². The lowest BCUT2D eigenvalue weighted by molar-refractivity contribution is 0.425. The summed E-state index contributed by atoms with van der Waals surface area (Å²) in [6.07, 6.45) is 2.01. The summed E-state index contributed by atoms with van der Waals surface area (Å²) < 4.78 is 0. The third-order valence-corrected chi connectivity index (χ3v) is 27.7. The molecule has 0 saturated carbocycles. The lowest BCUT2D eigenvalue weighted by atomic mass is 9.75. The van der Waals surface area contributed by atoms with Gasteiger partial charge in [-0.15, -0.1) is 0 Å². The minimum atomic E-state index is -0.229. The molecule has 132 heavy (non-hydrogen) atoms. The second-order valence-corrected chi connectivity index (χ2v) is 37.2. The SMILES string of the molecule is CC1(C)CC(C)(c2ccc(N(c3ccc(-c4ccccc4)cc3)c3ccc(-c4ccccc4)cc3)cc2)c2cc(N(c3ccc(-c4ccccc4)cc3)c3ccc(-c4ccccc4)cc3)ccc21.CC1(C)CC(C)(c2ccc(N(c3ccc(-c4ccccc4)cc3)c3ccc4ccccc4c3)cc2)c2cc(N(c3ccc(-c4ccccc4)cc3)c3ccc4ccccc4c3)ccc21. The number of rotatable bonds is 20. The quantitative estimate of drug-likeness (QED) is 0.0754. The molecular formula is C128H104N4. The number of hydrogen-bond acceptors (Lipinski definition) is 4. The Hall–Kier alpha value is -15.9. The maximum atomic E-state index is 2.48. The highest BCUT2D eigenvalue weighted by atomic mass is 15.2. The Morgan fingerprint density at radius 2 is 0.318 bits per heavy atom. The van der Waals surface area contributed by atoms with Gasteiger partial charge in [0.15, 0.2) is 0 Å². The van der Waals surface area contributed by atoms with Crippen LogP contribution in [0.5, 0.6) is 0 Å². The molecule has 4 nitrogen and oxygen atoms in total. The van der Waals surface area contributed by atoms with E-state index >= 15 is 0 Å². The largest absolute Gasteiger partial charge is 0.311 e. The number of hydrogen-bond donors (Lipinski definition) is 0. The number of anilines is 12. The molecule has 0 heterocycles. The zero-order valence-corrected chi connectivity index (χ0v) is 75.5. The van der Waals surface area contributed by atoms with Gasteiger partial charge < -0.3 is 19.6 Å². The van der Waals surface area contributed by atoms with Crippen LogP contribution >= 0.6 is 0 Å². The Bertz CT molecular complexity index is 7270. The molecule has 0 aromatic heterocycles. The predicted octanol–water partition coefficient (Wildman–Crippen LogP) is 35.5. The van der Waals surface area contributed by atoms with Gasteiger partial charge in [-0.1, -0.05) is 393 Å². The topological polar surface area (TPSA) is 13.0 Å². The molecule has 2 atom stereocenters. The Kier molecular flexibility index (Phi) is 22.2. The first-order valence-corrected chi connectivity index (χ1v) is 46.2. The molecule has 0 saturated heterocycles. The van der Waals surface area contributed by atoms with Gasteiger partial charge in [0.25, 0.3) is 0 Å². The highest BCUT2D eigenvalue weighted by molar-refractivity contribution is 5.93. The van der Waals surface area contributed by atoms with Crippen LogP contribution in [0.25, 0.3) is 88.3 Å². The third kappa shape index (κ3) is 16.4. The molecule has 0 aliphatic heterocycles. The molecule has 2 aliphatic carbocycles. The molecule has 20 aromatic carbocycles. The second-order valence-electron chi connectivity index (χ2n) is 37.2. The molecule has 4 heteroatoms. The van der Waals surface area contributed by atoms with E-state index in [1.807, 2.05) is 0 Å². The number of fused-ring (bicyclic) bond motifs is 4. The lowest BCUT2D eigenvalue weighted by Gasteiger charge is -2.31. The molecule has 0 amide bonds. The van der Waals surface area contributed by atoms with Gasteiger partial charge in [0.05, 0.1) is 0 Å². The van der Waals surface area contributed by atoms with Crippen LogP contribution in [0.15, 0.2) is 497 Å². The van der Waals surface area contributed by atoms with Gasteiger partial charge >= 0.3 is 0 Å². The smallest absolute Gasteiger partial charge is 0.0468 e. The fourth-order valence-electron chi connectivity index (χ4n) is 21.1. The zero-order valence-electron chi connectivity index (χ0n) is 75.5. The summed E-state index contributed by atoms with van der Waals surface area (Å²) in [4.78, 5) is 9.62. The summed E-state index contributed by atoms with van der Waals surface area (Å²) >= 11 is 0. The van der Waals surface area contributed by atoms with Crippen molar-refractivity contribution in [1.29, 1.82) is 0 Å². The van der Waals surface area contributed by atoms with E-state index in [9.17, 15) is 0 Å². The van der Waals surface area contributed by atoms with Crippen LogP contribution < -0.4 is 19.6 Å². The van der Waals surface area contributed by atoms with Gasteiger partial charge in [-0.05, 0) is 291 Å². The summed E-state index contributed by atoms with van der Waals surface area (Å²) in [5.74, 6) is 0. The van der Waals surface area contributed by atoms with Crippen LogP contribution in [0.4, 0.5) is 68.2 Å². The standard InChI is InChI=1S/C66H54N2.C62H50N2/c1-65(2)47-66(3,56-32-42-61(43-33-56)67(57-34-24-52(25-35-57)48-16-8-4-9-17-48)58-36-26-53(27-37-58)49-18-10-5-11-19-49)64-46-62(44-45-63(64)65)68(59-38-28-54(29-39-59)50-20-12-6-13-21-50)60-40-30-55(31-41-60)51-22-14-7-15-23-51;1-61(2)43-62(3,52-28-36-55(37-29-52)63(56-34-26-46-18-10-12-20-50(46)40-56)53-30-22-48(23-31-53)44-14-6-4-7-15-44)60-42-58(38-39-59(60)61)64(57-35-27-47-19-11-13-21-51(47)41-57)54-32-24-49(25-33-54)45-16-8-5-9-17-45/h4-46H,47H2,1-3H3;4-42H,43H2,1-3H3. The molecule has 0 fully saturated rings. The minimum absolute atomic E-state index is 0.00990. The lowest BCUT2D eigenvalue weighted by Crippen LogP contribution is -2.23. The van der Waals surface area contributed by atoms with E-state index in [0.29, 0.717) is 0 Å². The first-order valence-electron chi connectivity index (χ1n) is 46.2. The van der Waals surface area contributed by atoms with Crippen molar-refractivity contribution in [1.82, 2.24) is 0 Å². The van der Waals surface area contributed by atoms with Gasteiger partial charge in [-0.2, -0.15) is 0 Å². The van der Waals surface area contributed by atoms with Gasteiger partial charge in [0.1, 0.15) is 0 Å². The van der Waals surface area contributed by atoms with Gasteiger partial charge in [-0.3, -0.25) is 0 Å². The van der Waals surface area contributed by atoms with E-state index in [4.69, 9.17) is 0 Å². The molecule has 636 valence electrons. The van der Waals surface area contributed by atoms with E-state index in [-0.39, 0.29) is 21.7 Å². The van der Waals surface area contributed by atoms with E-state index in [1.165, 1.54) is 122 Å². The van der Waals surface area contributed by atoms with Crippen molar-refractivity contribution in [2.24, 2.45) is 0 Å². The van der Waals surface area contributed by atoms with E-state index in [2.05, 4.69) is 559 Å². The first-order chi connectivity index (χ1) is 64.6. The van der Waals surface area contributed by atoms with Crippen molar-refractivity contribution in [2.75, 3.05) is 19.6 Å². The predicted molar refractivity (Wildman–Crippen MR) is 560 cm³/mol. The monoisotopic (exact) mass is 1700 g/mol. The van der Waals surface area contributed by atoms with Gasteiger partial charge in [0.2, 0.25) is 0 Å². The molecule has 0 radical (unpaired) electrons. The Balaban J connectivity index is 0.000000159. The summed E-state index contributed by atoms with van der Waals surface area (Å²) in [5.41, 5.74) is 35.8. The van der Waals surface area contributed by atoms with E-state index in [0.717, 1.165) is 81.1 Å². The fourth-order valence-corrected chi connectivity index (χ4v) is 21.1. The van der Waals surface area contributed by atoms with Crippen molar-refractivity contribution >= 4 is 89.8 Å². The highest BCUT2D eigenvalue weighted by Gasteiger charge is 2.48. The summed E-state index contributed by atoms with van der Waals surface area (Å²) in [6.45, 7) is 14.6. The molecule has 22 rings (SSSR count). The molecule has 0 N–H and O–H groups in total. The average Bonchev–Trinajstić information content (AvgIpc) is 1.58. The summed E-state index contributed by atoms with van der Waals surface area (Å²) in [7, 11) is 0. The molecule has 0 bridgehead atoms. The van der Waals surface area contributed by atoms with Crippen molar-refractivity contribution in [3.8, 4) is 66.8 Å². The highest BCUT2D eigenvalue weighted by Crippen LogP contribution is 2.58. The van der Waals surface area contributed by atoms with Crippen molar-refractivity contribution < 1.29 is 0 Å². The second kappa shape index (κ2) is 35.3. The molecule has 20 aromatic rings. The fraction of sp³-hybridized carbons (Fsp3) is 0.0938. The number of nitrogens with zero attached hydrogens (tertiary/aromatic N) is 4. The molecule has 2 aliphatic rings. The Morgan fingerprint density at radius 3 is 0.561 bits per heavy atom. The van der Waals surface area contributed by atoms with Gasteiger partial charge in [-0.25, -0.2) is 0 Å². The minimum Gasteiger partial charge on any atom is -0.311 e. The molecular weight excluding hydrogens is 1590 g/mol. The van der Waals surface area contributed by atoms with Crippen molar-refractivity contribution in [2.45, 2.75) is 76.0 Å². The Morgan fingerprint density at radius 1 is 0.144 bits per heavy atom. The Labute approximate surface area is 777 Å². The van der Waals surface area contributed by atoms with Crippen molar-refractivity contribution in [3.63, 3.8) is 0 Å². The van der Waals surface area contributed by atoms with Crippen LogP contribution in [0.3, 0.4) is 0 Å². The average molecular weight is 1700 g/mol. The number of benzene rings is 20. The summed E-state index contributed by atoms with van der Waals surface area (Å²) in [5, 5.41) is 4.92. The van der Waals surface area contributed by atoms with Crippen molar-refractivity contribution in [3.05, 3.63) is 531 Å². The maximum absolute atomic E-state index is 2.48. The van der Waals surface area contributed by atoms with Crippen LogP contribution in [0, 0.1) is 0 Å². The molecule has 0 spiro atoms. The van der Waals surface area contributed by atoms with Gasteiger partial charge in [0, 0.05) is 79.1 Å². The maximum Gasteiger partial charge on any atom is 0.0468 e. The summed E-state index contributed by atoms with van der Waals surface area (Å²) in [6, 6.07) is 182. The van der Waals surface area contributed by atoms with Crippen LogP contribution in [0.2, 0.25) is 0 Å². The first kappa shape index (κ1) is 83.1. The molecule has 2 unspecified atom stereocenters. The zero-order chi connectivity index (χ0) is 89.3.